The Labute approximate surface area is 176 Å². The number of benzene rings is 1. The zero-order chi connectivity index (χ0) is 21.7. The van der Waals surface area contributed by atoms with E-state index in [-0.39, 0.29) is 10.8 Å². The Morgan fingerprint density at radius 1 is 1.20 bits per heavy atom. The second-order valence-electron chi connectivity index (χ2n) is 7.29. The molecule has 10 heteroatoms. The number of piperidine rings is 1. The summed E-state index contributed by atoms with van der Waals surface area (Å²) in [5.41, 5.74) is 0.743. The third-order valence-electron chi connectivity index (χ3n) is 5.15. The van der Waals surface area contributed by atoms with Gasteiger partial charge in [-0.1, -0.05) is 0 Å². The standard InChI is InChI=1S/C20H24N6O3S/c1-25(2)30(28,29)17-5-3-16(4-6-17)20(27)24-14-15-7-11-26(12-8-15)19-18(13-21)22-9-10-23-19/h3-6,9-10,15H,7-8,11-12,14H2,1-2H3,(H,24,27). The second-order valence-corrected chi connectivity index (χ2v) is 9.44. The normalized spacial score (nSPS) is 15.1. The van der Waals surface area contributed by atoms with Gasteiger partial charge in [-0.15, -0.1) is 0 Å². The highest BCUT2D eigenvalue weighted by molar-refractivity contribution is 7.89. The lowest BCUT2D eigenvalue weighted by molar-refractivity contribution is 0.0945. The third kappa shape index (κ3) is 4.75. The molecule has 1 fully saturated rings. The molecule has 1 aliphatic heterocycles. The molecule has 30 heavy (non-hydrogen) atoms. The number of hydrogen-bond donors (Lipinski definition) is 1. The summed E-state index contributed by atoms with van der Waals surface area (Å²) in [5, 5.41) is 12.1. The molecule has 1 aromatic carbocycles. The van der Waals surface area contributed by atoms with Crippen molar-refractivity contribution in [2.75, 3.05) is 38.6 Å². The number of anilines is 1. The van der Waals surface area contributed by atoms with Gasteiger partial charge in [0.25, 0.3) is 5.91 Å². The van der Waals surface area contributed by atoms with Crippen LogP contribution in [0.25, 0.3) is 0 Å². The maximum atomic E-state index is 12.4. The molecule has 1 amide bonds. The number of nitriles is 1. The van der Waals surface area contributed by atoms with Crippen molar-refractivity contribution in [2.45, 2.75) is 17.7 Å². The van der Waals surface area contributed by atoms with Crippen molar-refractivity contribution in [3.8, 4) is 6.07 Å². The van der Waals surface area contributed by atoms with Crippen molar-refractivity contribution < 1.29 is 13.2 Å². The maximum Gasteiger partial charge on any atom is 0.251 e. The average molecular weight is 429 g/mol. The number of amides is 1. The first-order chi connectivity index (χ1) is 14.3. The van der Waals surface area contributed by atoms with Crippen LogP contribution in [0.4, 0.5) is 5.82 Å². The number of rotatable bonds is 6. The van der Waals surface area contributed by atoms with Crippen LogP contribution in [0.15, 0.2) is 41.6 Å². The minimum Gasteiger partial charge on any atom is -0.354 e. The van der Waals surface area contributed by atoms with Gasteiger partial charge in [0, 0.05) is 51.7 Å². The molecular formula is C20H24N6O3S. The summed E-state index contributed by atoms with van der Waals surface area (Å²) in [6.07, 6.45) is 4.81. The summed E-state index contributed by atoms with van der Waals surface area (Å²) in [4.78, 5) is 22.9. The Morgan fingerprint density at radius 2 is 1.83 bits per heavy atom. The summed E-state index contributed by atoms with van der Waals surface area (Å²) in [6, 6.07) is 7.99. The molecule has 0 unspecified atom stereocenters. The Hall–Kier alpha value is -3.03. The van der Waals surface area contributed by atoms with Crippen LogP contribution in [0.2, 0.25) is 0 Å². The molecule has 1 aliphatic rings. The average Bonchev–Trinajstić information content (AvgIpc) is 2.77. The molecular weight excluding hydrogens is 404 g/mol. The van der Waals surface area contributed by atoms with E-state index in [1.54, 1.807) is 6.20 Å². The monoisotopic (exact) mass is 428 g/mol. The lowest BCUT2D eigenvalue weighted by Crippen LogP contribution is -2.39. The van der Waals surface area contributed by atoms with Gasteiger partial charge in [0.15, 0.2) is 11.5 Å². The van der Waals surface area contributed by atoms with E-state index in [1.165, 1.54) is 44.6 Å². The van der Waals surface area contributed by atoms with Gasteiger partial charge in [-0.2, -0.15) is 5.26 Å². The zero-order valence-electron chi connectivity index (χ0n) is 16.9. The highest BCUT2D eigenvalue weighted by Gasteiger charge is 2.23. The van der Waals surface area contributed by atoms with Crippen molar-refractivity contribution in [3.05, 3.63) is 47.9 Å². The molecule has 0 radical (unpaired) electrons. The fourth-order valence-electron chi connectivity index (χ4n) is 3.32. The predicted octanol–water partition coefficient (Wildman–Crippen LogP) is 1.24. The molecule has 9 nitrogen and oxygen atoms in total. The van der Waals surface area contributed by atoms with Gasteiger partial charge in [0.05, 0.1) is 4.90 Å². The molecule has 0 saturated carbocycles. The van der Waals surface area contributed by atoms with Gasteiger partial charge in [0.1, 0.15) is 6.07 Å². The van der Waals surface area contributed by atoms with Crippen molar-refractivity contribution in [1.29, 1.82) is 5.26 Å². The molecule has 158 valence electrons. The van der Waals surface area contributed by atoms with Crippen LogP contribution in [-0.4, -0.2) is 62.3 Å². The molecule has 2 aromatic rings. The minimum atomic E-state index is -3.51. The SMILES string of the molecule is CN(C)S(=O)(=O)c1ccc(C(=O)NCC2CCN(c3nccnc3C#N)CC2)cc1. The molecule has 1 N–H and O–H groups in total. The fraction of sp³-hybridized carbons (Fsp3) is 0.400. The van der Waals surface area contributed by atoms with Crippen LogP contribution in [-0.2, 0) is 10.0 Å². The molecule has 0 aliphatic carbocycles. The van der Waals surface area contributed by atoms with Gasteiger partial charge < -0.3 is 10.2 Å². The van der Waals surface area contributed by atoms with Crippen molar-refractivity contribution in [2.24, 2.45) is 5.92 Å². The summed E-state index contributed by atoms with van der Waals surface area (Å²) in [7, 11) is -0.585. The van der Waals surface area contributed by atoms with Crippen LogP contribution in [0.3, 0.4) is 0 Å². The van der Waals surface area contributed by atoms with Crippen LogP contribution >= 0.6 is 0 Å². The second kappa shape index (κ2) is 9.19. The fourth-order valence-corrected chi connectivity index (χ4v) is 4.22. The number of sulfonamides is 1. The molecule has 3 rings (SSSR count). The Balaban J connectivity index is 1.52. The number of carbonyl (C=O) groups is 1. The number of nitrogens with zero attached hydrogens (tertiary/aromatic N) is 5. The summed E-state index contributed by atoms with van der Waals surface area (Å²) in [5.74, 6) is 0.697. The van der Waals surface area contributed by atoms with Crippen LogP contribution in [0, 0.1) is 17.2 Å². The quantitative estimate of drug-likeness (QED) is 0.735. The van der Waals surface area contributed by atoms with Crippen LogP contribution in [0.5, 0.6) is 0 Å². The van der Waals surface area contributed by atoms with Gasteiger partial charge in [-0.3, -0.25) is 4.79 Å². The highest BCUT2D eigenvalue weighted by atomic mass is 32.2. The summed E-state index contributed by atoms with van der Waals surface area (Å²) < 4.78 is 25.4. The summed E-state index contributed by atoms with van der Waals surface area (Å²) in [6.45, 7) is 2.02. The van der Waals surface area contributed by atoms with E-state index in [0.29, 0.717) is 29.5 Å². The summed E-state index contributed by atoms with van der Waals surface area (Å²) >= 11 is 0. The van der Waals surface area contributed by atoms with Crippen molar-refractivity contribution >= 4 is 21.7 Å². The van der Waals surface area contributed by atoms with E-state index >= 15 is 0 Å². The van der Waals surface area contributed by atoms with E-state index in [0.717, 1.165) is 30.2 Å². The van der Waals surface area contributed by atoms with E-state index < -0.39 is 10.0 Å². The Kier molecular flexibility index (Phi) is 6.64. The van der Waals surface area contributed by atoms with E-state index in [1.807, 2.05) is 4.90 Å². The molecule has 0 bridgehead atoms. The number of hydrogen-bond acceptors (Lipinski definition) is 7. The maximum absolute atomic E-state index is 12.4. The molecule has 0 atom stereocenters. The molecule has 0 spiro atoms. The topological polar surface area (TPSA) is 119 Å². The van der Waals surface area contributed by atoms with Crippen LogP contribution in [0.1, 0.15) is 28.9 Å². The lowest BCUT2D eigenvalue weighted by atomic mass is 9.96. The first-order valence-electron chi connectivity index (χ1n) is 9.59. The van der Waals surface area contributed by atoms with Crippen LogP contribution < -0.4 is 10.2 Å². The minimum absolute atomic E-state index is 0.150. The van der Waals surface area contributed by atoms with Crippen molar-refractivity contribution in [3.63, 3.8) is 0 Å². The van der Waals surface area contributed by atoms with Gasteiger partial charge >= 0.3 is 0 Å². The van der Waals surface area contributed by atoms with Gasteiger partial charge in [-0.25, -0.2) is 22.7 Å². The van der Waals surface area contributed by atoms with E-state index in [2.05, 4.69) is 21.4 Å². The predicted molar refractivity (Wildman–Crippen MR) is 111 cm³/mol. The first-order valence-corrected chi connectivity index (χ1v) is 11.0. The number of nitrogens with one attached hydrogen (secondary N) is 1. The molecule has 1 saturated heterocycles. The number of carbonyl (C=O) groups excluding carboxylic acids is 1. The highest BCUT2D eigenvalue weighted by Crippen LogP contribution is 2.23. The number of aromatic nitrogens is 2. The zero-order valence-corrected chi connectivity index (χ0v) is 17.8. The largest absolute Gasteiger partial charge is 0.354 e. The first kappa shape index (κ1) is 21.7. The Morgan fingerprint density at radius 3 is 2.43 bits per heavy atom. The lowest BCUT2D eigenvalue weighted by Gasteiger charge is -2.32. The third-order valence-corrected chi connectivity index (χ3v) is 6.97. The molecule has 2 heterocycles. The van der Waals surface area contributed by atoms with Gasteiger partial charge in [0.2, 0.25) is 10.0 Å². The molecule has 1 aromatic heterocycles. The van der Waals surface area contributed by atoms with E-state index in [9.17, 15) is 18.5 Å². The van der Waals surface area contributed by atoms with Gasteiger partial charge in [-0.05, 0) is 43.0 Å². The van der Waals surface area contributed by atoms with E-state index in [4.69, 9.17) is 0 Å². The Bertz CT molecular complexity index is 1040. The van der Waals surface area contributed by atoms with Crippen molar-refractivity contribution in [1.82, 2.24) is 19.6 Å². The smallest absolute Gasteiger partial charge is 0.251 e.